The van der Waals surface area contributed by atoms with Gasteiger partial charge in [0.15, 0.2) is 11.6 Å². The van der Waals surface area contributed by atoms with Crippen LogP contribution in [0.25, 0.3) is 17.5 Å². The lowest BCUT2D eigenvalue weighted by Crippen LogP contribution is -2.37. The maximum atomic E-state index is 12.7. The van der Waals surface area contributed by atoms with E-state index in [2.05, 4.69) is 17.1 Å². The third kappa shape index (κ3) is 4.07. The molecule has 6 nitrogen and oxygen atoms in total. The van der Waals surface area contributed by atoms with Gasteiger partial charge in [-0.15, -0.1) is 0 Å². The third-order valence-corrected chi connectivity index (χ3v) is 5.71. The Balaban J connectivity index is 1.44. The van der Waals surface area contributed by atoms with Gasteiger partial charge in [0, 0.05) is 41.9 Å². The van der Waals surface area contributed by atoms with E-state index in [1.165, 1.54) is 5.56 Å². The molecular formula is C25H24N4O2. The lowest BCUT2D eigenvalue weighted by molar-refractivity contribution is 0.0993. The summed E-state index contributed by atoms with van der Waals surface area (Å²) in [5, 5.41) is 0. The Morgan fingerprint density at radius 3 is 2.68 bits per heavy atom. The fourth-order valence-corrected chi connectivity index (χ4v) is 4.05. The summed E-state index contributed by atoms with van der Waals surface area (Å²) in [6.45, 7) is 3.09. The highest BCUT2D eigenvalue weighted by atomic mass is 16.5. The van der Waals surface area contributed by atoms with Crippen molar-refractivity contribution in [1.29, 1.82) is 0 Å². The predicted molar refractivity (Wildman–Crippen MR) is 122 cm³/mol. The van der Waals surface area contributed by atoms with Gasteiger partial charge in [-0.2, -0.15) is 0 Å². The number of hydrogen-bond acceptors (Lipinski definition) is 6. The number of carbonyl (C=O) groups is 1. The zero-order valence-electron chi connectivity index (χ0n) is 17.3. The third-order valence-electron chi connectivity index (χ3n) is 5.71. The summed E-state index contributed by atoms with van der Waals surface area (Å²) in [5.74, 6) is 1.74. The van der Waals surface area contributed by atoms with Crippen molar-refractivity contribution in [2.45, 2.75) is 12.8 Å². The van der Waals surface area contributed by atoms with Crippen molar-refractivity contribution in [3.05, 3.63) is 77.0 Å². The second-order valence-corrected chi connectivity index (χ2v) is 7.86. The highest BCUT2D eigenvalue weighted by Gasteiger charge is 2.22. The minimum Gasteiger partial charge on any atom is -0.399 e. The molecule has 0 spiro atoms. The van der Waals surface area contributed by atoms with Crippen LogP contribution < -0.4 is 10.6 Å². The van der Waals surface area contributed by atoms with Crippen LogP contribution in [-0.4, -0.2) is 42.1 Å². The fourth-order valence-electron chi connectivity index (χ4n) is 4.05. The van der Waals surface area contributed by atoms with Gasteiger partial charge in [0.2, 0.25) is 0 Å². The summed E-state index contributed by atoms with van der Waals surface area (Å²) >= 11 is 0. The molecule has 5 rings (SSSR count). The molecule has 1 saturated heterocycles. The summed E-state index contributed by atoms with van der Waals surface area (Å²) in [4.78, 5) is 24.7. The van der Waals surface area contributed by atoms with Crippen molar-refractivity contribution >= 4 is 23.4 Å². The minimum atomic E-state index is 0.0592. The molecule has 0 radical (unpaired) electrons. The first-order valence-corrected chi connectivity index (χ1v) is 10.6. The van der Waals surface area contributed by atoms with Crippen molar-refractivity contribution in [3.8, 4) is 11.4 Å². The number of aromatic nitrogens is 2. The van der Waals surface area contributed by atoms with Crippen LogP contribution >= 0.6 is 0 Å². The minimum absolute atomic E-state index is 0.0592. The molecule has 1 aliphatic carbocycles. The molecule has 0 amide bonds. The molecule has 0 unspecified atom stereocenters. The number of anilines is 2. The van der Waals surface area contributed by atoms with E-state index < -0.39 is 0 Å². The number of Topliss-reactive ketones (excluding diaryl/α,β-unsaturated/α-hetero) is 1. The van der Waals surface area contributed by atoms with Crippen LogP contribution in [0.4, 0.5) is 11.5 Å². The van der Waals surface area contributed by atoms with Gasteiger partial charge in [-0.05, 0) is 48.4 Å². The Morgan fingerprint density at radius 1 is 1.06 bits per heavy atom. The molecule has 0 bridgehead atoms. The van der Waals surface area contributed by atoms with Crippen LogP contribution in [-0.2, 0) is 17.6 Å². The van der Waals surface area contributed by atoms with E-state index in [0.717, 1.165) is 42.1 Å². The first-order valence-electron chi connectivity index (χ1n) is 10.6. The molecule has 2 aliphatic rings. The van der Waals surface area contributed by atoms with Crippen molar-refractivity contribution in [2.75, 3.05) is 36.9 Å². The van der Waals surface area contributed by atoms with Gasteiger partial charge in [0.05, 0.1) is 18.9 Å². The number of carbonyl (C=O) groups excluding carboxylic acids is 1. The first kappa shape index (κ1) is 19.5. The number of benzene rings is 2. The number of allylic oxidation sites excluding steroid dienone is 1. The second-order valence-electron chi connectivity index (χ2n) is 7.86. The fraction of sp³-hybridized carbons (Fsp3) is 0.240. The van der Waals surface area contributed by atoms with Gasteiger partial charge in [0.25, 0.3) is 0 Å². The number of nitrogen functional groups attached to an aromatic ring is 1. The van der Waals surface area contributed by atoms with Gasteiger partial charge >= 0.3 is 0 Å². The van der Waals surface area contributed by atoms with Gasteiger partial charge in [0.1, 0.15) is 5.82 Å². The molecule has 1 fully saturated rings. The normalized spacial score (nSPS) is 15.2. The van der Waals surface area contributed by atoms with E-state index in [1.807, 2.05) is 24.3 Å². The van der Waals surface area contributed by atoms with Crippen LogP contribution in [0.3, 0.4) is 0 Å². The zero-order chi connectivity index (χ0) is 21.2. The molecule has 1 aromatic heterocycles. The SMILES string of the molecule is Nc1ccc(C(=O)Cc2cccc(-c3nc4c(c(N5CCOCC5)n3)CC=C4)c2)cc1. The summed E-state index contributed by atoms with van der Waals surface area (Å²) in [5.41, 5.74) is 11.1. The molecule has 2 heterocycles. The molecule has 2 aromatic carbocycles. The summed E-state index contributed by atoms with van der Waals surface area (Å²) < 4.78 is 5.51. The number of hydrogen-bond donors (Lipinski definition) is 1. The average molecular weight is 412 g/mol. The quantitative estimate of drug-likeness (QED) is 0.510. The zero-order valence-corrected chi connectivity index (χ0v) is 17.3. The molecular weight excluding hydrogens is 388 g/mol. The Labute approximate surface area is 181 Å². The summed E-state index contributed by atoms with van der Waals surface area (Å²) in [6, 6.07) is 15.0. The number of morpholine rings is 1. The van der Waals surface area contributed by atoms with Crippen LogP contribution in [0, 0.1) is 0 Å². The van der Waals surface area contributed by atoms with Crippen LogP contribution in [0.2, 0.25) is 0 Å². The van der Waals surface area contributed by atoms with Gasteiger partial charge in [-0.3, -0.25) is 4.79 Å². The van der Waals surface area contributed by atoms with E-state index in [1.54, 1.807) is 24.3 Å². The van der Waals surface area contributed by atoms with E-state index >= 15 is 0 Å². The molecule has 0 atom stereocenters. The number of nitrogens with two attached hydrogens (primary N) is 1. The maximum absolute atomic E-state index is 12.7. The highest BCUT2D eigenvalue weighted by molar-refractivity contribution is 5.97. The molecule has 31 heavy (non-hydrogen) atoms. The van der Waals surface area contributed by atoms with Crippen LogP contribution in [0.15, 0.2) is 54.6 Å². The summed E-state index contributed by atoms with van der Waals surface area (Å²) in [6.07, 6.45) is 5.38. The van der Waals surface area contributed by atoms with Gasteiger partial charge in [-0.25, -0.2) is 9.97 Å². The molecule has 6 heteroatoms. The van der Waals surface area contributed by atoms with Crippen molar-refractivity contribution in [1.82, 2.24) is 9.97 Å². The Kier molecular flexibility index (Phi) is 5.22. The van der Waals surface area contributed by atoms with Gasteiger partial charge < -0.3 is 15.4 Å². The van der Waals surface area contributed by atoms with E-state index in [4.69, 9.17) is 20.4 Å². The van der Waals surface area contributed by atoms with Crippen molar-refractivity contribution < 1.29 is 9.53 Å². The number of rotatable bonds is 5. The smallest absolute Gasteiger partial charge is 0.167 e. The molecule has 3 aromatic rings. The second kappa shape index (κ2) is 8.32. The topological polar surface area (TPSA) is 81.3 Å². The molecule has 156 valence electrons. The standard InChI is InChI=1S/C25H24N4O2/c26-20-9-7-18(8-10-20)23(30)16-17-3-1-4-19(15-17)24-27-22-6-2-5-21(22)25(28-24)29-11-13-31-14-12-29/h1-4,6-10,15H,5,11-14,16,26H2. The largest absolute Gasteiger partial charge is 0.399 e. The van der Waals surface area contributed by atoms with Crippen molar-refractivity contribution in [3.63, 3.8) is 0 Å². The Bertz CT molecular complexity index is 1150. The van der Waals surface area contributed by atoms with E-state index in [-0.39, 0.29) is 5.78 Å². The number of ether oxygens (including phenoxy) is 1. The predicted octanol–water partition coefficient (Wildman–Crippen LogP) is 3.56. The molecule has 1 aliphatic heterocycles. The Hall–Kier alpha value is -3.51. The maximum Gasteiger partial charge on any atom is 0.167 e. The van der Waals surface area contributed by atoms with Crippen molar-refractivity contribution in [2.24, 2.45) is 0 Å². The lowest BCUT2D eigenvalue weighted by atomic mass is 10.0. The van der Waals surface area contributed by atoms with Crippen LogP contribution in [0.5, 0.6) is 0 Å². The molecule has 0 saturated carbocycles. The number of fused-ring (bicyclic) bond motifs is 1. The number of ketones is 1. The lowest BCUT2D eigenvalue weighted by Gasteiger charge is -2.29. The summed E-state index contributed by atoms with van der Waals surface area (Å²) in [7, 11) is 0. The monoisotopic (exact) mass is 412 g/mol. The number of nitrogens with zero attached hydrogens (tertiary/aromatic N) is 3. The van der Waals surface area contributed by atoms with Crippen LogP contribution in [0.1, 0.15) is 27.2 Å². The highest BCUT2D eigenvalue weighted by Crippen LogP contribution is 2.31. The van der Waals surface area contributed by atoms with E-state index in [0.29, 0.717) is 36.7 Å². The average Bonchev–Trinajstić information content (AvgIpc) is 3.28. The first-order chi connectivity index (χ1) is 15.2. The van der Waals surface area contributed by atoms with E-state index in [9.17, 15) is 4.79 Å². The van der Waals surface area contributed by atoms with Gasteiger partial charge in [-0.1, -0.05) is 24.3 Å². The molecule has 2 N–H and O–H groups in total. The Morgan fingerprint density at radius 2 is 1.87 bits per heavy atom.